The summed E-state index contributed by atoms with van der Waals surface area (Å²) in [6.45, 7) is 0. The number of oxime groups is 1. The van der Waals surface area contributed by atoms with Crippen LogP contribution in [0.5, 0.6) is 0 Å². The van der Waals surface area contributed by atoms with Crippen LogP contribution in [0.25, 0.3) is 0 Å². The van der Waals surface area contributed by atoms with Crippen LogP contribution in [0.4, 0.5) is 0 Å². The lowest BCUT2D eigenvalue weighted by molar-refractivity contribution is 0.130. The maximum absolute atomic E-state index is 10.1. The lowest BCUT2D eigenvalue weighted by Gasteiger charge is -2.26. The number of allylic oxidation sites excluding steroid dienone is 1. The maximum atomic E-state index is 10.1. The molecular formula is C8H9N3O4. The molecule has 0 saturated carbocycles. The summed E-state index contributed by atoms with van der Waals surface area (Å²) in [6, 6.07) is 0. The number of amidine groups is 2. The number of rotatable bonds is 0. The van der Waals surface area contributed by atoms with Crippen LogP contribution < -0.4 is 5.48 Å². The molecule has 0 radical (unpaired) electrons. The molecule has 2 unspecified atom stereocenters. The third-order valence-electron chi connectivity index (χ3n) is 2.41. The zero-order chi connectivity index (χ0) is 11.1. The van der Waals surface area contributed by atoms with Crippen molar-refractivity contribution in [3.63, 3.8) is 0 Å². The van der Waals surface area contributed by atoms with E-state index in [9.17, 15) is 10.2 Å². The molecule has 15 heavy (non-hydrogen) atoms. The van der Waals surface area contributed by atoms with Crippen molar-refractivity contribution in [1.29, 1.82) is 0 Å². The predicted molar refractivity (Wildman–Crippen MR) is 49.9 cm³/mol. The molecule has 5 N–H and O–H groups in total. The standard InChI is InChI=1S/C8H9N3O4/c12-4-1-2-8(13)5(3-4)6(10-14)9-7(8)11-15/h1-3,5,12-15H,(H,9,10,11). The molecule has 2 atom stereocenters. The van der Waals surface area contributed by atoms with Crippen molar-refractivity contribution in [1.82, 2.24) is 5.48 Å². The van der Waals surface area contributed by atoms with E-state index in [0.717, 1.165) is 0 Å². The summed E-state index contributed by atoms with van der Waals surface area (Å²) in [5, 5.41) is 39.6. The number of hydrogen-bond donors (Lipinski definition) is 5. The van der Waals surface area contributed by atoms with E-state index in [4.69, 9.17) is 10.4 Å². The third kappa shape index (κ3) is 1.21. The van der Waals surface area contributed by atoms with Gasteiger partial charge in [-0.1, -0.05) is 5.16 Å². The average Bonchev–Trinajstić information content (AvgIpc) is 2.51. The lowest BCUT2D eigenvalue weighted by atomic mass is 9.84. The SMILES string of the molecule is ON=C1N=C(NO)C2C=C(O)C=CC12O. The van der Waals surface area contributed by atoms with Crippen LogP contribution in [-0.2, 0) is 0 Å². The van der Waals surface area contributed by atoms with Gasteiger partial charge >= 0.3 is 0 Å². The van der Waals surface area contributed by atoms with Crippen molar-refractivity contribution in [2.45, 2.75) is 5.60 Å². The summed E-state index contributed by atoms with van der Waals surface area (Å²) in [5.74, 6) is -1.10. The number of nitrogens with one attached hydrogen (secondary N) is 1. The molecule has 0 aromatic heterocycles. The molecule has 0 fully saturated rings. The highest BCUT2D eigenvalue weighted by Gasteiger charge is 2.49. The summed E-state index contributed by atoms with van der Waals surface area (Å²) in [5.41, 5.74) is 0.149. The van der Waals surface area contributed by atoms with Gasteiger partial charge in [0.25, 0.3) is 0 Å². The molecule has 0 saturated heterocycles. The lowest BCUT2D eigenvalue weighted by Crippen LogP contribution is -2.44. The number of aliphatic imine (C=N–C) groups is 1. The van der Waals surface area contributed by atoms with Crippen molar-refractivity contribution >= 4 is 11.7 Å². The highest BCUT2D eigenvalue weighted by atomic mass is 16.5. The van der Waals surface area contributed by atoms with Crippen LogP contribution in [0, 0.1) is 5.92 Å². The van der Waals surface area contributed by atoms with Gasteiger partial charge in [0.1, 0.15) is 11.6 Å². The van der Waals surface area contributed by atoms with Gasteiger partial charge in [0.15, 0.2) is 5.60 Å². The van der Waals surface area contributed by atoms with Crippen LogP contribution in [0.1, 0.15) is 0 Å². The Bertz CT molecular complexity index is 412. The van der Waals surface area contributed by atoms with Crippen LogP contribution in [0.3, 0.4) is 0 Å². The third-order valence-corrected chi connectivity index (χ3v) is 2.41. The number of aliphatic hydroxyl groups excluding tert-OH is 1. The second kappa shape index (κ2) is 3.07. The largest absolute Gasteiger partial charge is 0.508 e. The number of aliphatic hydroxyl groups is 2. The van der Waals surface area contributed by atoms with E-state index in [-0.39, 0.29) is 17.4 Å². The zero-order valence-corrected chi connectivity index (χ0v) is 7.49. The Morgan fingerprint density at radius 3 is 2.87 bits per heavy atom. The van der Waals surface area contributed by atoms with Gasteiger partial charge in [-0.2, -0.15) is 0 Å². The maximum Gasteiger partial charge on any atom is 0.206 e. The minimum absolute atomic E-state index is 0.00111. The van der Waals surface area contributed by atoms with Crippen molar-refractivity contribution in [2.24, 2.45) is 16.1 Å². The molecule has 0 aromatic carbocycles. The molecule has 0 spiro atoms. The molecule has 0 aromatic rings. The molecule has 7 nitrogen and oxygen atoms in total. The summed E-state index contributed by atoms with van der Waals surface area (Å²) < 4.78 is 0. The van der Waals surface area contributed by atoms with Gasteiger partial charge in [-0.3, -0.25) is 10.7 Å². The van der Waals surface area contributed by atoms with E-state index in [0.29, 0.717) is 0 Å². The number of hydrogen-bond acceptors (Lipinski definition) is 6. The van der Waals surface area contributed by atoms with E-state index in [1.165, 1.54) is 18.2 Å². The quantitative estimate of drug-likeness (QED) is 0.274. The Balaban J connectivity index is 2.50. The Morgan fingerprint density at radius 2 is 2.27 bits per heavy atom. The van der Waals surface area contributed by atoms with Crippen molar-refractivity contribution in [3.8, 4) is 0 Å². The summed E-state index contributed by atoms with van der Waals surface area (Å²) in [7, 11) is 0. The monoisotopic (exact) mass is 211 g/mol. The Labute approximate surface area is 84.3 Å². The van der Waals surface area contributed by atoms with E-state index in [1.54, 1.807) is 5.48 Å². The molecule has 2 aliphatic rings. The first-order chi connectivity index (χ1) is 7.11. The van der Waals surface area contributed by atoms with E-state index >= 15 is 0 Å². The van der Waals surface area contributed by atoms with Crippen LogP contribution in [0.15, 0.2) is 34.1 Å². The first-order valence-electron chi connectivity index (χ1n) is 4.15. The van der Waals surface area contributed by atoms with Gasteiger partial charge in [-0.05, 0) is 18.2 Å². The Kier molecular flexibility index (Phi) is 1.98. The summed E-state index contributed by atoms with van der Waals surface area (Å²) >= 11 is 0. The summed E-state index contributed by atoms with van der Waals surface area (Å²) in [6.07, 6.45) is 3.80. The second-order valence-electron chi connectivity index (χ2n) is 3.26. The van der Waals surface area contributed by atoms with Crippen LogP contribution in [0.2, 0.25) is 0 Å². The van der Waals surface area contributed by atoms with E-state index in [2.05, 4.69) is 10.1 Å². The molecule has 1 aliphatic carbocycles. The van der Waals surface area contributed by atoms with Gasteiger partial charge in [-0.15, -0.1) is 0 Å². The van der Waals surface area contributed by atoms with Gasteiger partial charge < -0.3 is 15.4 Å². The fourth-order valence-corrected chi connectivity index (χ4v) is 1.64. The second-order valence-corrected chi connectivity index (χ2v) is 3.26. The molecule has 80 valence electrons. The topological polar surface area (TPSA) is 118 Å². The van der Waals surface area contributed by atoms with Gasteiger partial charge in [-0.25, -0.2) is 4.99 Å². The molecule has 0 amide bonds. The van der Waals surface area contributed by atoms with Crippen LogP contribution in [-0.4, -0.2) is 37.9 Å². The number of nitrogens with zero attached hydrogens (tertiary/aromatic N) is 2. The summed E-state index contributed by atoms with van der Waals surface area (Å²) in [4.78, 5) is 3.67. The minimum atomic E-state index is -1.63. The molecule has 1 aliphatic heterocycles. The highest BCUT2D eigenvalue weighted by molar-refractivity contribution is 6.12. The molecule has 2 rings (SSSR count). The smallest absolute Gasteiger partial charge is 0.206 e. The van der Waals surface area contributed by atoms with Crippen molar-refractivity contribution in [2.75, 3.05) is 0 Å². The Morgan fingerprint density at radius 1 is 1.53 bits per heavy atom. The van der Waals surface area contributed by atoms with Gasteiger partial charge in [0.05, 0.1) is 5.92 Å². The normalized spacial score (nSPS) is 36.1. The Hall–Kier alpha value is -1.86. The van der Waals surface area contributed by atoms with Gasteiger partial charge in [0, 0.05) is 0 Å². The number of fused-ring (bicyclic) bond motifs is 1. The van der Waals surface area contributed by atoms with E-state index < -0.39 is 11.5 Å². The fourth-order valence-electron chi connectivity index (χ4n) is 1.64. The van der Waals surface area contributed by atoms with Crippen molar-refractivity contribution < 1.29 is 20.6 Å². The fraction of sp³-hybridized carbons (Fsp3) is 0.250. The predicted octanol–water partition coefficient (Wildman–Crippen LogP) is -0.476. The molecule has 1 heterocycles. The molecular weight excluding hydrogens is 202 g/mol. The van der Waals surface area contributed by atoms with Crippen LogP contribution >= 0.6 is 0 Å². The zero-order valence-electron chi connectivity index (χ0n) is 7.49. The number of hydroxylamine groups is 1. The van der Waals surface area contributed by atoms with Crippen molar-refractivity contribution in [3.05, 3.63) is 24.0 Å². The molecule has 0 bridgehead atoms. The molecule has 7 heteroatoms. The minimum Gasteiger partial charge on any atom is -0.508 e. The highest BCUT2D eigenvalue weighted by Crippen LogP contribution is 2.33. The van der Waals surface area contributed by atoms with Gasteiger partial charge in [0.2, 0.25) is 5.84 Å². The van der Waals surface area contributed by atoms with E-state index in [1.807, 2.05) is 0 Å². The average molecular weight is 211 g/mol. The first kappa shape index (κ1) is 9.69. The first-order valence-corrected chi connectivity index (χ1v) is 4.15.